The summed E-state index contributed by atoms with van der Waals surface area (Å²) in [5.41, 5.74) is 0. The number of amides is 2. The molecular formula is C11H19F3N2O3. The number of hydrogen-bond acceptors (Lipinski definition) is 2. The first-order chi connectivity index (χ1) is 8.64. The van der Waals surface area contributed by atoms with Crippen LogP contribution in [-0.2, 0) is 4.79 Å². The molecule has 0 aromatic carbocycles. The van der Waals surface area contributed by atoms with Gasteiger partial charge in [0.15, 0.2) is 0 Å². The summed E-state index contributed by atoms with van der Waals surface area (Å²) in [6.45, 7) is 3.15. The molecule has 0 aliphatic rings. The van der Waals surface area contributed by atoms with Crippen LogP contribution in [-0.4, -0.2) is 35.9 Å². The molecular weight excluding hydrogens is 265 g/mol. The van der Waals surface area contributed by atoms with Crippen molar-refractivity contribution in [2.24, 2.45) is 5.92 Å². The van der Waals surface area contributed by atoms with Crippen molar-refractivity contribution in [1.29, 1.82) is 0 Å². The van der Waals surface area contributed by atoms with E-state index in [9.17, 15) is 22.8 Å². The van der Waals surface area contributed by atoms with Crippen molar-refractivity contribution in [1.82, 2.24) is 10.6 Å². The molecule has 2 atom stereocenters. The number of carboxylic acids is 1. The zero-order valence-corrected chi connectivity index (χ0v) is 10.9. The van der Waals surface area contributed by atoms with Gasteiger partial charge in [-0.05, 0) is 12.8 Å². The smallest absolute Gasteiger partial charge is 0.391 e. The molecule has 8 heteroatoms. The Balaban J connectivity index is 4.00. The SMILES string of the molecule is CCC(CNC(=O)NC(C)CC(F)(F)F)CC(=O)O. The number of carbonyl (C=O) groups excluding carboxylic acids is 1. The maximum atomic E-state index is 12.0. The topological polar surface area (TPSA) is 78.4 Å². The Hall–Kier alpha value is -1.47. The molecule has 0 saturated heterocycles. The molecule has 0 aromatic heterocycles. The standard InChI is InChI=1S/C11H19F3N2O3/c1-3-8(4-9(17)18)6-15-10(19)16-7(2)5-11(12,13)14/h7-8H,3-6H2,1-2H3,(H,17,18)(H2,15,16,19). The van der Waals surface area contributed by atoms with Crippen molar-refractivity contribution in [3.8, 4) is 0 Å². The van der Waals surface area contributed by atoms with Crippen LogP contribution in [0.15, 0.2) is 0 Å². The van der Waals surface area contributed by atoms with Crippen LogP contribution in [0.5, 0.6) is 0 Å². The van der Waals surface area contributed by atoms with E-state index in [4.69, 9.17) is 5.11 Å². The van der Waals surface area contributed by atoms with Gasteiger partial charge in [0, 0.05) is 19.0 Å². The fourth-order valence-electron chi connectivity index (χ4n) is 1.52. The van der Waals surface area contributed by atoms with Gasteiger partial charge in [0.05, 0.1) is 6.42 Å². The van der Waals surface area contributed by atoms with Crippen molar-refractivity contribution >= 4 is 12.0 Å². The Kier molecular flexibility index (Phi) is 7.25. The molecule has 0 bridgehead atoms. The van der Waals surface area contributed by atoms with Crippen LogP contribution in [0.1, 0.15) is 33.1 Å². The summed E-state index contributed by atoms with van der Waals surface area (Å²) in [6, 6.07) is -1.75. The van der Waals surface area contributed by atoms with Crippen LogP contribution < -0.4 is 10.6 Å². The number of halogens is 3. The van der Waals surface area contributed by atoms with Gasteiger partial charge in [-0.1, -0.05) is 13.3 Å². The third-order valence-electron chi connectivity index (χ3n) is 2.51. The third-order valence-corrected chi connectivity index (χ3v) is 2.51. The highest BCUT2D eigenvalue weighted by molar-refractivity contribution is 5.74. The third kappa shape index (κ3) is 10.2. The van der Waals surface area contributed by atoms with E-state index in [1.165, 1.54) is 6.92 Å². The largest absolute Gasteiger partial charge is 0.481 e. The van der Waals surface area contributed by atoms with E-state index < -0.39 is 30.6 Å². The van der Waals surface area contributed by atoms with Gasteiger partial charge in [-0.3, -0.25) is 4.79 Å². The first-order valence-electron chi connectivity index (χ1n) is 5.97. The molecule has 112 valence electrons. The minimum atomic E-state index is -4.33. The number of rotatable bonds is 7. The van der Waals surface area contributed by atoms with E-state index in [0.29, 0.717) is 6.42 Å². The van der Waals surface area contributed by atoms with Gasteiger partial charge >= 0.3 is 18.2 Å². The fraction of sp³-hybridized carbons (Fsp3) is 0.818. The summed E-state index contributed by atoms with van der Waals surface area (Å²) < 4.78 is 36.1. The highest BCUT2D eigenvalue weighted by atomic mass is 19.4. The number of carbonyl (C=O) groups is 2. The molecule has 0 heterocycles. The Morgan fingerprint density at radius 2 is 1.89 bits per heavy atom. The van der Waals surface area contributed by atoms with E-state index in [1.54, 1.807) is 6.92 Å². The number of nitrogens with one attached hydrogen (secondary N) is 2. The predicted molar refractivity (Wildman–Crippen MR) is 62.7 cm³/mol. The second kappa shape index (κ2) is 7.85. The summed E-state index contributed by atoms with van der Waals surface area (Å²) in [5, 5.41) is 13.1. The van der Waals surface area contributed by atoms with Gasteiger partial charge in [0.25, 0.3) is 0 Å². The lowest BCUT2D eigenvalue weighted by atomic mass is 10.0. The normalized spacial score (nSPS) is 14.6. The van der Waals surface area contributed by atoms with Gasteiger partial charge in [0.2, 0.25) is 0 Å². The molecule has 0 rings (SSSR count). The molecule has 0 radical (unpaired) electrons. The Morgan fingerprint density at radius 3 is 2.32 bits per heavy atom. The molecule has 0 aliphatic carbocycles. The number of carboxylic acid groups (broad SMARTS) is 1. The molecule has 0 fully saturated rings. The van der Waals surface area contributed by atoms with Crippen LogP contribution in [0.4, 0.5) is 18.0 Å². The van der Waals surface area contributed by atoms with Crippen molar-refractivity contribution in [3.63, 3.8) is 0 Å². The van der Waals surface area contributed by atoms with E-state index >= 15 is 0 Å². The van der Waals surface area contributed by atoms with E-state index in [0.717, 1.165) is 0 Å². The number of urea groups is 1. The minimum absolute atomic E-state index is 0.0884. The molecule has 2 unspecified atom stereocenters. The molecule has 19 heavy (non-hydrogen) atoms. The van der Waals surface area contributed by atoms with Crippen molar-refractivity contribution in [2.75, 3.05) is 6.54 Å². The van der Waals surface area contributed by atoms with Crippen molar-refractivity contribution in [3.05, 3.63) is 0 Å². The van der Waals surface area contributed by atoms with Crippen LogP contribution >= 0.6 is 0 Å². The quantitative estimate of drug-likeness (QED) is 0.670. The lowest BCUT2D eigenvalue weighted by Gasteiger charge is -2.18. The highest BCUT2D eigenvalue weighted by Crippen LogP contribution is 2.21. The molecule has 5 nitrogen and oxygen atoms in total. The summed E-state index contributed by atoms with van der Waals surface area (Å²) in [7, 11) is 0. The predicted octanol–water partition coefficient (Wildman–Crippen LogP) is 2.13. The zero-order valence-electron chi connectivity index (χ0n) is 10.9. The summed E-state index contributed by atoms with van der Waals surface area (Å²) >= 11 is 0. The van der Waals surface area contributed by atoms with Gasteiger partial charge in [-0.15, -0.1) is 0 Å². The number of alkyl halides is 3. The number of aliphatic carboxylic acids is 1. The van der Waals surface area contributed by atoms with Crippen LogP contribution in [0.2, 0.25) is 0 Å². The van der Waals surface area contributed by atoms with Crippen LogP contribution in [0.25, 0.3) is 0 Å². The molecule has 0 saturated carbocycles. The van der Waals surface area contributed by atoms with E-state index in [1.807, 2.05) is 0 Å². The first kappa shape index (κ1) is 17.5. The monoisotopic (exact) mass is 284 g/mol. The second-order valence-electron chi connectivity index (χ2n) is 4.45. The van der Waals surface area contributed by atoms with E-state index in [2.05, 4.69) is 10.6 Å². The van der Waals surface area contributed by atoms with Gasteiger partial charge in [0.1, 0.15) is 0 Å². The molecule has 3 N–H and O–H groups in total. The molecule has 0 spiro atoms. The van der Waals surface area contributed by atoms with Gasteiger partial charge < -0.3 is 15.7 Å². The summed E-state index contributed by atoms with van der Waals surface area (Å²) in [5.74, 6) is -1.21. The van der Waals surface area contributed by atoms with Crippen LogP contribution in [0.3, 0.4) is 0 Å². The van der Waals surface area contributed by atoms with Crippen molar-refractivity contribution < 1.29 is 27.9 Å². The minimum Gasteiger partial charge on any atom is -0.481 e. The Morgan fingerprint density at radius 1 is 1.32 bits per heavy atom. The summed E-state index contributed by atoms with van der Waals surface area (Å²) in [4.78, 5) is 21.8. The summed E-state index contributed by atoms with van der Waals surface area (Å²) in [6.07, 6.45) is -4.96. The molecule has 0 aliphatic heterocycles. The zero-order chi connectivity index (χ0) is 15.1. The first-order valence-corrected chi connectivity index (χ1v) is 5.97. The van der Waals surface area contributed by atoms with Crippen LogP contribution in [0, 0.1) is 5.92 Å². The average molecular weight is 284 g/mol. The van der Waals surface area contributed by atoms with Gasteiger partial charge in [-0.25, -0.2) is 4.79 Å². The number of hydrogen-bond donors (Lipinski definition) is 3. The lowest BCUT2D eigenvalue weighted by Crippen LogP contribution is -2.44. The molecule has 0 aromatic rings. The highest BCUT2D eigenvalue weighted by Gasteiger charge is 2.30. The second-order valence-corrected chi connectivity index (χ2v) is 4.45. The Bertz CT molecular complexity index is 308. The van der Waals surface area contributed by atoms with Crippen molar-refractivity contribution in [2.45, 2.75) is 45.3 Å². The molecule has 2 amide bonds. The van der Waals surface area contributed by atoms with E-state index in [-0.39, 0.29) is 18.9 Å². The lowest BCUT2D eigenvalue weighted by molar-refractivity contribution is -0.139. The Labute approximate surface area is 109 Å². The van der Waals surface area contributed by atoms with Gasteiger partial charge in [-0.2, -0.15) is 13.2 Å². The maximum absolute atomic E-state index is 12.0. The average Bonchev–Trinajstić information content (AvgIpc) is 2.20. The fourth-order valence-corrected chi connectivity index (χ4v) is 1.52. The maximum Gasteiger partial charge on any atom is 0.391 e.